The second-order valence-electron chi connectivity index (χ2n) is 9.51. The molecule has 3 aromatic rings. The molecule has 9 nitrogen and oxygen atoms in total. The summed E-state index contributed by atoms with van der Waals surface area (Å²) < 4.78 is 53.0. The van der Waals surface area contributed by atoms with Gasteiger partial charge >= 0.3 is 0 Å². The summed E-state index contributed by atoms with van der Waals surface area (Å²) in [5.41, 5.74) is 0.741. The molecule has 11 heteroatoms. The monoisotopic (exact) mass is 585 g/mol. The molecule has 0 spiro atoms. The first kappa shape index (κ1) is 31.4. The predicted octanol–water partition coefficient (Wildman–Crippen LogP) is 4.37. The highest BCUT2D eigenvalue weighted by molar-refractivity contribution is 7.92. The van der Waals surface area contributed by atoms with Gasteiger partial charge in [0.2, 0.25) is 11.8 Å². The average Bonchev–Trinajstić information content (AvgIpc) is 2.98. The van der Waals surface area contributed by atoms with E-state index in [1.54, 1.807) is 31.2 Å². The summed E-state index contributed by atoms with van der Waals surface area (Å²) in [7, 11) is -1.36. The van der Waals surface area contributed by atoms with E-state index in [4.69, 9.17) is 9.47 Å². The van der Waals surface area contributed by atoms with Crippen molar-refractivity contribution in [2.75, 3.05) is 25.1 Å². The number of carbonyl (C=O) groups is 2. The standard InChI is InChI=1S/C30H36FN3O6S/c1-6-21(2)32-30(36)22(3)33(19-23-12-14-24(31)15-13-23)29(35)20-34(41(37,38)26-10-8-7-9-11-26)25-16-17-27(39-4)28(18-25)40-5/h7-18,21-22H,6,19-20H2,1-5H3,(H,32,36). The Bertz CT molecular complexity index is 1430. The molecule has 2 unspecified atom stereocenters. The Hall–Kier alpha value is -4.12. The summed E-state index contributed by atoms with van der Waals surface area (Å²) in [4.78, 5) is 28.3. The zero-order valence-electron chi connectivity index (χ0n) is 23.8. The van der Waals surface area contributed by atoms with Crippen LogP contribution in [-0.2, 0) is 26.2 Å². The second kappa shape index (κ2) is 14.0. The molecule has 2 atom stereocenters. The quantitative estimate of drug-likeness (QED) is 0.320. The molecule has 0 radical (unpaired) electrons. The van der Waals surface area contributed by atoms with Gasteiger partial charge in [0.15, 0.2) is 11.5 Å². The van der Waals surface area contributed by atoms with E-state index in [9.17, 15) is 22.4 Å². The SMILES string of the molecule is CCC(C)NC(=O)C(C)N(Cc1ccc(F)cc1)C(=O)CN(c1ccc(OC)c(OC)c1)S(=O)(=O)c1ccccc1. The van der Waals surface area contributed by atoms with Crippen LogP contribution in [0, 0.1) is 5.82 Å². The van der Waals surface area contributed by atoms with Gasteiger partial charge in [0.05, 0.1) is 24.8 Å². The second-order valence-corrected chi connectivity index (χ2v) is 11.4. The third-order valence-electron chi connectivity index (χ3n) is 6.70. The molecule has 0 saturated carbocycles. The minimum absolute atomic E-state index is 0.0183. The minimum Gasteiger partial charge on any atom is -0.493 e. The lowest BCUT2D eigenvalue weighted by Crippen LogP contribution is -2.52. The number of methoxy groups -OCH3 is 2. The molecule has 2 amide bonds. The number of carbonyl (C=O) groups excluding carboxylic acids is 2. The molecule has 0 bridgehead atoms. The molecule has 220 valence electrons. The number of hydrogen-bond donors (Lipinski definition) is 1. The molecule has 0 aromatic heterocycles. The molecule has 0 heterocycles. The van der Waals surface area contributed by atoms with Crippen molar-refractivity contribution < 1.29 is 31.9 Å². The lowest BCUT2D eigenvalue weighted by molar-refractivity contribution is -0.139. The van der Waals surface area contributed by atoms with Crippen molar-refractivity contribution in [1.82, 2.24) is 10.2 Å². The summed E-state index contributed by atoms with van der Waals surface area (Å²) in [6.45, 7) is 4.69. The fraction of sp³-hybridized carbons (Fsp3) is 0.333. The number of nitrogens with one attached hydrogen (secondary N) is 1. The van der Waals surface area contributed by atoms with Crippen LogP contribution >= 0.6 is 0 Å². The first-order valence-electron chi connectivity index (χ1n) is 13.2. The van der Waals surface area contributed by atoms with Gasteiger partial charge < -0.3 is 19.7 Å². The van der Waals surface area contributed by atoms with Crippen molar-refractivity contribution in [3.63, 3.8) is 0 Å². The highest BCUT2D eigenvalue weighted by Crippen LogP contribution is 2.34. The fourth-order valence-corrected chi connectivity index (χ4v) is 5.49. The van der Waals surface area contributed by atoms with Crippen molar-refractivity contribution in [3.05, 3.63) is 84.2 Å². The summed E-state index contributed by atoms with van der Waals surface area (Å²) >= 11 is 0. The van der Waals surface area contributed by atoms with E-state index in [-0.39, 0.29) is 28.9 Å². The molecule has 0 aliphatic carbocycles. The van der Waals surface area contributed by atoms with Gasteiger partial charge in [-0.25, -0.2) is 12.8 Å². The van der Waals surface area contributed by atoms with Crippen LogP contribution in [0.4, 0.5) is 10.1 Å². The maximum Gasteiger partial charge on any atom is 0.264 e. The van der Waals surface area contributed by atoms with E-state index in [1.165, 1.54) is 67.7 Å². The number of hydrogen-bond acceptors (Lipinski definition) is 6. The summed E-state index contributed by atoms with van der Waals surface area (Å²) in [6, 6.07) is 16.7. The fourth-order valence-electron chi connectivity index (χ4n) is 4.06. The number of ether oxygens (including phenoxy) is 2. The van der Waals surface area contributed by atoms with Crippen molar-refractivity contribution in [3.8, 4) is 11.5 Å². The third kappa shape index (κ3) is 7.75. The number of anilines is 1. The Morgan fingerprint density at radius 3 is 2.15 bits per heavy atom. The smallest absolute Gasteiger partial charge is 0.264 e. The van der Waals surface area contributed by atoms with Crippen molar-refractivity contribution in [1.29, 1.82) is 0 Å². The van der Waals surface area contributed by atoms with Gasteiger partial charge in [0, 0.05) is 18.7 Å². The summed E-state index contributed by atoms with van der Waals surface area (Å²) in [6.07, 6.45) is 0.687. The Balaban J connectivity index is 2.06. The topological polar surface area (TPSA) is 105 Å². The van der Waals surface area contributed by atoms with Crippen LogP contribution in [0.25, 0.3) is 0 Å². The Morgan fingerprint density at radius 1 is 0.927 bits per heavy atom. The van der Waals surface area contributed by atoms with Gasteiger partial charge in [-0.3, -0.25) is 13.9 Å². The van der Waals surface area contributed by atoms with Gasteiger partial charge in [-0.05, 0) is 62.2 Å². The maximum atomic E-state index is 14.0. The van der Waals surface area contributed by atoms with E-state index < -0.39 is 40.2 Å². The largest absolute Gasteiger partial charge is 0.493 e. The van der Waals surface area contributed by atoms with E-state index in [2.05, 4.69) is 5.32 Å². The number of nitrogens with zero attached hydrogens (tertiary/aromatic N) is 2. The molecule has 0 aliphatic heterocycles. The van der Waals surface area contributed by atoms with Crippen LogP contribution < -0.4 is 19.1 Å². The molecular weight excluding hydrogens is 549 g/mol. The molecule has 3 aromatic carbocycles. The number of benzene rings is 3. The molecular formula is C30H36FN3O6S. The highest BCUT2D eigenvalue weighted by Gasteiger charge is 2.33. The molecule has 3 rings (SSSR count). The van der Waals surface area contributed by atoms with Gasteiger partial charge in [-0.15, -0.1) is 0 Å². The zero-order valence-corrected chi connectivity index (χ0v) is 24.7. The molecule has 1 N–H and O–H groups in total. The van der Waals surface area contributed by atoms with Crippen molar-refractivity contribution in [2.24, 2.45) is 0 Å². The van der Waals surface area contributed by atoms with Crippen LogP contribution in [0.15, 0.2) is 77.7 Å². The average molecular weight is 586 g/mol. The minimum atomic E-state index is -4.24. The predicted molar refractivity (Wildman–Crippen MR) is 155 cm³/mol. The molecule has 0 saturated heterocycles. The van der Waals surface area contributed by atoms with Crippen LogP contribution in [0.3, 0.4) is 0 Å². The summed E-state index contributed by atoms with van der Waals surface area (Å²) in [5, 5.41) is 2.87. The van der Waals surface area contributed by atoms with E-state index >= 15 is 0 Å². The normalized spacial score (nSPS) is 12.6. The zero-order chi connectivity index (χ0) is 30.2. The Labute approximate surface area is 240 Å². The maximum absolute atomic E-state index is 14.0. The van der Waals surface area contributed by atoms with E-state index in [1.807, 2.05) is 13.8 Å². The Morgan fingerprint density at radius 2 is 1.56 bits per heavy atom. The summed E-state index contributed by atoms with van der Waals surface area (Å²) in [5.74, 6) is -0.806. The molecule has 41 heavy (non-hydrogen) atoms. The Kier molecular flexibility index (Phi) is 10.7. The van der Waals surface area contributed by atoms with Crippen molar-refractivity contribution in [2.45, 2.75) is 50.7 Å². The highest BCUT2D eigenvalue weighted by atomic mass is 32.2. The molecule has 0 aliphatic rings. The van der Waals surface area contributed by atoms with Gasteiger partial charge in [0.1, 0.15) is 18.4 Å². The van der Waals surface area contributed by atoms with E-state index in [0.29, 0.717) is 17.7 Å². The lowest BCUT2D eigenvalue weighted by atomic mass is 10.1. The molecule has 0 fully saturated rings. The van der Waals surface area contributed by atoms with E-state index in [0.717, 1.165) is 4.31 Å². The van der Waals surface area contributed by atoms with Crippen molar-refractivity contribution >= 4 is 27.5 Å². The third-order valence-corrected chi connectivity index (χ3v) is 8.49. The first-order chi connectivity index (χ1) is 19.5. The van der Waals surface area contributed by atoms with Gasteiger partial charge in [-0.2, -0.15) is 0 Å². The first-order valence-corrected chi connectivity index (χ1v) is 14.6. The van der Waals surface area contributed by atoms with Gasteiger partial charge in [-0.1, -0.05) is 37.3 Å². The van der Waals surface area contributed by atoms with Crippen LogP contribution in [-0.4, -0.2) is 58.0 Å². The number of amides is 2. The van der Waals surface area contributed by atoms with Crippen LogP contribution in [0.1, 0.15) is 32.8 Å². The van der Waals surface area contributed by atoms with Gasteiger partial charge in [0.25, 0.3) is 10.0 Å². The number of halogens is 1. The van der Waals surface area contributed by atoms with Crippen LogP contribution in [0.5, 0.6) is 11.5 Å². The van der Waals surface area contributed by atoms with Crippen LogP contribution in [0.2, 0.25) is 0 Å². The number of rotatable bonds is 13. The number of sulfonamides is 1. The lowest BCUT2D eigenvalue weighted by Gasteiger charge is -2.32.